The Kier molecular flexibility index (Phi) is 2.81. The van der Waals surface area contributed by atoms with Gasteiger partial charge in [0.25, 0.3) is 0 Å². The molecule has 0 radical (unpaired) electrons. The van der Waals surface area contributed by atoms with Gasteiger partial charge in [0.15, 0.2) is 0 Å². The van der Waals surface area contributed by atoms with Gasteiger partial charge >= 0.3 is 6.18 Å². The first-order chi connectivity index (χ1) is 7.83. The van der Waals surface area contributed by atoms with E-state index in [4.69, 9.17) is 5.73 Å². The van der Waals surface area contributed by atoms with E-state index in [2.05, 4.69) is 0 Å². The Hall–Kier alpha value is -1.23. The topological polar surface area (TPSA) is 46.2 Å². The minimum absolute atomic E-state index is 0.357. The summed E-state index contributed by atoms with van der Waals surface area (Å²) in [6.45, 7) is 0. The van der Waals surface area contributed by atoms with Crippen LogP contribution in [0.15, 0.2) is 18.2 Å². The predicted molar refractivity (Wildman–Crippen MR) is 57.4 cm³/mol. The van der Waals surface area contributed by atoms with Crippen molar-refractivity contribution in [2.45, 2.75) is 37.4 Å². The van der Waals surface area contributed by atoms with E-state index in [1.54, 1.807) is 0 Å². The van der Waals surface area contributed by atoms with Gasteiger partial charge in [-0.05, 0) is 25.0 Å². The average molecular weight is 245 g/mol. The fourth-order valence-corrected chi connectivity index (χ4v) is 2.40. The summed E-state index contributed by atoms with van der Waals surface area (Å²) in [4.78, 5) is 0. The molecule has 0 aromatic heterocycles. The smallest absolute Gasteiger partial charge is 0.416 e. The van der Waals surface area contributed by atoms with E-state index in [0.29, 0.717) is 18.4 Å². The Balaban J connectivity index is 2.38. The monoisotopic (exact) mass is 245 g/mol. The number of rotatable bonds is 1. The third kappa shape index (κ3) is 2.24. The van der Waals surface area contributed by atoms with Crippen molar-refractivity contribution < 1.29 is 18.3 Å². The van der Waals surface area contributed by atoms with Gasteiger partial charge in [0.05, 0.1) is 5.56 Å². The Bertz CT molecular complexity index is 422. The van der Waals surface area contributed by atoms with E-state index >= 15 is 0 Å². The minimum atomic E-state index is -4.44. The molecule has 3 N–H and O–H groups in total. The average Bonchev–Trinajstić information content (AvgIpc) is 2.64. The van der Waals surface area contributed by atoms with Crippen LogP contribution in [0.1, 0.15) is 36.8 Å². The van der Waals surface area contributed by atoms with Gasteiger partial charge in [-0.1, -0.05) is 18.9 Å². The lowest BCUT2D eigenvalue weighted by atomic mass is 9.88. The molecule has 5 heteroatoms. The molecule has 17 heavy (non-hydrogen) atoms. The fourth-order valence-electron chi connectivity index (χ4n) is 2.40. The maximum atomic E-state index is 12.4. The lowest BCUT2D eigenvalue weighted by Gasteiger charge is -2.25. The molecule has 0 atom stereocenters. The third-order valence-corrected chi connectivity index (χ3v) is 3.36. The summed E-state index contributed by atoms with van der Waals surface area (Å²) in [6, 6.07) is 3.02. The van der Waals surface area contributed by atoms with Gasteiger partial charge in [0, 0.05) is 11.1 Å². The molecule has 94 valence electrons. The van der Waals surface area contributed by atoms with Crippen molar-refractivity contribution in [3.8, 4) is 5.75 Å². The summed E-state index contributed by atoms with van der Waals surface area (Å²) >= 11 is 0. The predicted octanol–water partition coefficient (Wildman–Crippen LogP) is 3.14. The Morgan fingerprint density at radius 1 is 1.18 bits per heavy atom. The zero-order valence-electron chi connectivity index (χ0n) is 9.22. The minimum Gasteiger partial charge on any atom is -0.508 e. The molecular formula is C12H14F3NO. The molecule has 0 spiro atoms. The zero-order chi connectivity index (χ0) is 12.7. The maximum Gasteiger partial charge on any atom is 0.416 e. The molecule has 1 saturated carbocycles. The van der Waals surface area contributed by atoms with Gasteiger partial charge in [-0.2, -0.15) is 13.2 Å². The summed E-state index contributed by atoms with van der Waals surface area (Å²) in [5.74, 6) is -0.357. The van der Waals surface area contributed by atoms with Crippen molar-refractivity contribution in [1.29, 1.82) is 0 Å². The van der Waals surface area contributed by atoms with Crippen LogP contribution in [0.4, 0.5) is 13.2 Å². The number of phenolic OH excluding ortho intramolecular Hbond substituents is 1. The Labute approximate surface area is 97.2 Å². The summed E-state index contributed by atoms with van der Waals surface area (Å²) in [7, 11) is 0. The normalized spacial score (nSPS) is 19.5. The molecule has 1 aromatic carbocycles. The number of aromatic hydroxyl groups is 1. The van der Waals surface area contributed by atoms with E-state index in [1.807, 2.05) is 0 Å². The largest absolute Gasteiger partial charge is 0.508 e. The van der Waals surface area contributed by atoms with E-state index in [9.17, 15) is 18.3 Å². The second kappa shape index (κ2) is 3.91. The van der Waals surface area contributed by atoms with Crippen LogP contribution < -0.4 is 5.73 Å². The molecule has 1 aliphatic rings. The number of alkyl halides is 3. The van der Waals surface area contributed by atoms with Crippen LogP contribution in [0.25, 0.3) is 0 Å². The van der Waals surface area contributed by atoms with E-state index < -0.39 is 17.3 Å². The van der Waals surface area contributed by atoms with Crippen molar-refractivity contribution in [3.63, 3.8) is 0 Å². The molecule has 2 nitrogen and oxygen atoms in total. The highest BCUT2D eigenvalue weighted by Gasteiger charge is 2.36. The van der Waals surface area contributed by atoms with Crippen molar-refractivity contribution in [1.82, 2.24) is 0 Å². The van der Waals surface area contributed by atoms with E-state index in [-0.39, 0.29) is 5.75 Å². The molecule has 2 rings (SSSR count). The van der Waals surface area contributed by atoms with Crippen molar-refractivity contribution in [3.05, 3.63) is 29.3 Å². The lowest BCUT2D eigenvalue weighted by Crippen LogP contribution is -2.33. The number of phenols is 1. The zero-order valence-corrected chi connectivity index (χ0v) is 9.22. The number of halogens is 3. The quantitative estimate of drug-likeness (QED) is 0.798. The standard InChI is InChI=1S/C12H14F3NO/c13-12(14,15)8-3-4-9(10(17)7-8)11(16)5-1-2-6-11/h3-4,7,17H,1-2,5-6,16H2. The highest BCUT2D eigenvalue weighted by Crippen LogP contribution is 2.42. The number of hydrogen-bond acceptors (Lipinski definition) is 2. The first-order valence-corrected chi connectivity index (χ1v) is 5.52. The summed E-state index contributed by atoms with van der Waals surface area (Å²) < 4.78 is 37.3. The molecule has 1 aromatic rings. The van der Waals surface area contributed by atoms with Crippen molar-refractivity contribution in [2.24, 2.45) is 5.73 Å². The van der Waals surface area contributed by atoms with Gasteiger partial charge in [-0.3, -0.25) is 0 Å². The van der Waals surface area contributed by atoms with Crippen molar-refractivity contribution >= 4 is 0 Å². The van der Waals surface area contributed by atoms with Crippen LogP contribution in [0.5, 0.6) is 5.75 Å². The Morgan fingerprint density at radius 3 is 2.24 bits per heavy atom. The van der Waals surface area contributed by atoms with E-state index in [0.717, 1.165) is 25.0 Å². The van der Waals surface area contributed by atoms with Crippen LogP contribution in [0.3, 0.4) is 0 Å². The van der Waals surface area contributed by atoms with Gasteiger partial charge in [0.1, 0.15) is 5.75 Å². The summed E-state index contributed by atoms with van der Waals surface area (Å²) in [5, 5.41) is 9.70. The SMILES string of the molecule is NC1(c2ccc(C(F)(F)F)cc2O)CCCC1. The van der Waals surface area contributed by atoms with Gasteiger partial charge in [-0.15, -0.1) is 0 Å². The van der Waals surface area contributed by atoms with Crippen LogP contribution in [-0.2, 0) is 11.7 Å². The number of hydrogen-bond donors (Lipinski definition) is 2. The third-order valence-electron chi connectivity index (χ3n) is 3.36. The van der Waals surface area contributed by atoms with Crippen LogP contribution in [-0.4, -0.2) is 5.11 Å². The summed E-state index contributed by atoms with van der Waals surface area (Å²) in [6.07, 6.45) is -1.15. The van der Waals surface area contributed by atoms with Crippen molar-refractivity contribution in [2.75, 3.05) is 0 Å². The molecule has 0 bridgehead atoms. The number of nitrogens with two attached hydrogens (primary N) is 1. The second-order valence-electron chi connectivity index (χ2n) is 4.59. The molecule has 0 unspecified atom stereocenters. The Morgan fingerprint density at radius 2 is 1.76 bits per heavy atom. The molecule has 0 heterocycles. The maximum absolute atomic E-state index is 12.4. The number of benzene rings is 1. The molecule has 0 aliphatic heterocycles. The van der Waals surface area contributed by atoms with Gasteiger partial charge in [0.2, 0.25) is 0 Å². The molecule has 0 saturated heterocycles. The molecule has 1 aliphatic carbocycles. The molecular weight excluding hydrogens is 231 g/mol. The fraction of sp³-hybridized carbons (Fsp3) is 0.500. The van der Waals surface area contributed by atoms with Crippen LogP contribution in [0.2, 0.25) is 0 Å². The van der Waals surface area contributed by atoms with Crippen LogP contribution in [0, 0.1) is 0 Å². The first-order valence-electron chi connectivity index (χ1n) is 5.52. The summed E-state index contributed by atoms with van der Waals surface area (Å²) in [5.41, 5.74) is 5.00. The lowest BCUT2D eigenvalue weighted by molar-refractivity contribution is -0.137. The van der Waals surface area contributed by atoms with Crippen LogP contribution >= 0.6 is 0 Å². The van der Waals surface area contributed by atoms with Gasteiger partial charge < -0.3 is 10.8 Å². The van der Waals surface area contributed by atoms with Gasteiger partial charge in [-0.25, -0.2) is 0 Å². The highest BCUT2D eigenvalue weighted by atomic mass is 19.4. The first kappa shape index (κ1) is 12.2. The molecule has 1 fully saturated rings. The molecule has 0 amide bonds. The van der Waals surface area contributed by atoms with E-state index in [1.165, 1.54) is 6.07 Å². The highest BCUT2D eigenvalue weighted by molar-refractivity contribution is 5.42. The second-order valence-corrected chi connectivity index (χ2v) is 4.59.